The van der Waals surface area contributed by atoms with E-state index < -0.39 is 0 Å². The lowest BCUT2D eigenvalue weighted by molar-refractivity contribution is 0.331. The Hall–Kier alpha value is -1.72. The van der Waals surface area contributed by atoms with E-state index in [1.54, 1.807) is 0 Å². The Kier molecular flexibility index (Phi) is 3.91. The van der Waals surface area contributed by atoms with E-state index in [1.807, 2.05) is 16.6 Å². The molecule has 118 valence electrons. The second kappa shape index (κ2) is 6.06. The predicted octanol–water partition coefficient (Wildman–Crippen LogP) is 4.06. The van der Waals surface area contributed by atoms with Gasteiger partial charge in [-0.1, -0.05) is 34.1 Å². The molecule has 5 heteroatoms. The summed E-state index contributed by atoms with van der Waals surface area (Å²) in [6, 6.07) is 10.4. The first-order chi connectivity index (χ1) is 11.2. The number of pyridine rings is 1. The zero-order valence-corrected chi connectivity index (χ0v) is 14.8. The zero-order chi connectivity index (χ0) is 15.8. The largest absolute Gasteiger partial charge is 0.299 e. The molecule has 0 saturated carbocycles. The SMILES string of the molecule is Cc1c(Br)cccc1-c1nc2ccc(CN3CCCC3)cn2n1. The minimum absolute atomic E-state index is 0.780. The van der Waals surface area contributed by atoms with E-state index in [0.29, 0.717) is 0 Å². The highest BCUT2D eigenvalue weighted by Gasteiger charge is 2.14. The van der Waals surface area contributed by atoms with Gasteiger partial charge in [0.15, 0.2) is 11.5 Å². The first kappa shape index (κ1) is 14.8. The van der Waals surface area contributed by atoms with Gasteiger partial charge in [-0.2, -0.15) is 0 Å². The molecule has 0 atom stereocenters. The lowest BCUT2D eigenvalue weighted by Gasteiger charge is -2.14. The quantitative estimate of drug-likeness (QED) is 0.696. The molecule has 3 aromatic rings. The summed E-state index contributed by atoms with van der Waals surface area (Å²) < 4.78 is 2.99. The van der Waals surface area contributed by atoms with Gasteiger partial charge in [0.2, 0.25) is 0 Å². The van der Waals surface area contributed by atoms with Crippen molar-refractivity contribution >= 4 is 21.6 Å². The Bertz CT molecular complexity index is 849. The second-order valence-corrected chi connectivity index (χ2v) is 7.03. The standard InChI is InChI=1S/C18H19BrN4/c1-13-15(5-4-6-16(13)19)18-20-17-8-7-14(12-23(17)21-18)11-22-9-2-3-10-22/h4-8,12H,2-3,9-11H2,1H3. The van der Waals surface area contributed by atoms with E-state index in [4.69, 9.17) is 0 Å². The van der Waals surface area contributed by atoms with E-state index >= 15 is 0 Å². The van der Waals surface area contributed by atoms with Gasteiger partial charge in [0.25, 0.3) is 0 Å². The maximum Gasteiger partial charge on any atom is 0.182 e. The highest BCUT2D eigenvalue weighted by Crippen LogP contribution is 2.26. The van der Waals surface area contributed by atoms with Crippen LogP contribution >= 0.6 is 15.9 Å². The summed E-state index contributed by atoms with van der Waals surface area (Å²) in [4.78, 5) is 7.17. The van der Waals surface area contributed by atoms with Gasteiger partial charge in [0.1, 0.15) is 0 Å². The van der Waals surface area contributed by atoms with Gasteiger partial charge in [-0.05, 0) is 56.1 Å². The number of benzene rings is 1. The molecule has 4 nitrogen and oxygen atoms in total. The highest BCUT2D eigenvalue weighted by molar-refractivity contribution is 9.10. The molecule has 0 spiro atoms. The molecule has 0 N–H and O–H groups in total. The lowest BCUT2D eigenvalue weighted by Crippen LogP contribution is -2.18. The number of likely N-dealkylation sites (tertiary alicyclic amines) is 1. The van der Waals surface area contributed by atoms with Gasteiger partial charge >= 0.3 is 0 Å². The summed E-state index contributed by atoms with van der Waals surface area (Å²) in [7, 11) is 0. The van der Waals surface area contributed by atoms with Crippen LogP contribution in [0, 0.1) is 6.92 Å². The summed E-state index contributed by atoms with van der Waals surface area (Å²) in [5.74, 6) is 0.780. The van der Waals surface area contributed by atoms with Gasteiger partial charge in [-0.25, -0.2) is 9.50 Å². The fourth-order valence-electron chi connectivity index (χ4n) is 3.18. The maximum absolute atomic E-state index is 4.69. The van der Waals surface area contributed by atoms with E-state index in [1.165, 1.54) is 37.1 Å². The summed E-state index contributed by atoms with van der Waals surface area (Å²) in [5, 5.41) is 4.69. The molecular formula is C18H19BrN4. The zero-order valence-electron chi connectivity index (χ0n) is 13.2. The van der Waals surface area contributed by atoms with Gasteiger partial charge < -0.3 is 0 Å². The third-order valence-corrected chi connectivity index (χ3v) is 5.36. The Labute approximate surface area is 144 Å². The molecule has 1 fully saturated rings. The number of fused-ring (bicyclic) bond motifs is 1. The summed E-state index contributed by atoms with van der Waals surface area (Å²) in [5.41, 5.74) is 4.43. The topological polar surface area (TPSA) is 33.4 Å². The minimum atomic E-state index is 0.780. The Balaban J connectivity index is 1.68. The second-order valence-electron chi connectivity index (χ2n) is 6.17. The first-order valence-electron chi connectivity index (χ1n) is 8.04. The third-order valence-electron chi connectivity index (χ3n) is 4.51. The monoisotopic (exact) mass is 370 g/mol. The number of hydrogen-bond acceptors (Lipinski definition) is 3. The number of hydrogen-bond donors (Lipinski definition) is 0. The maximum atomic E-state index is 4.69. The molecule has 0 unspecified atom stereocenters. The average molecular weight is 371 g/mol. The Morgan fingerprint density at radius 2 is 1.96 bits per heavy atom. The van der Waals surface area contributed by atoms with Crippen LogP contribution in [-0.2, 0) is 6.54 Å². The van der Waals surface area contributed by atoms with Crippen LogP contribution in [0.25, 0.3) is 17.0 Å². The van der Waals surface area contributed by atoms with Gasteiger partial charge in [-0.15, -0.1) is 5.10 Å². The lowest BCUT2D eigenvalue weighted by atomic mass is 10.1. The van der Waals surface area contributed by atoms with Crippen molar-refractivity contribution in [3.05, 3.63) is 52.1 Å². The van der Waals surface area contributed by atoms with Crippen molar-refractivity contribution in [3.8, 4) is 11.4 Å². The number of halogens is 1. The molecular weight excluding hydrogens is 352 g/mol. The molecule has 0 amide bonds. The first-order valence-corrected chi connectivity index (χ1v) is 8.83. The molecule has 4 rings (SSSR count). The molecule has 1 aliphatic rings. The molecule has 23 heavy (non-hydrogen) atoms. The highest BCUT2D eigenvalue weighted by atomic mass is 79.9. The van der Waals surface area contributed by atoms with Crippen LogP contribution in [0.4, 0.5) is 0 Å². The molecule has 1 saturated heterocycles. The van der Waals surface area contributed by atoms with E-state index in [2.05, 4.69) is 62.2 Å². The van der Waals surface area contributed by atoms with Crippen LogP contribution < -0.4 is 0 Å². The Morgan fingerprint density at radius 3 is 2.78 bits per heavy atom. The van der Waals surface area contributed by atoms with Crippen molar-refractivity contribution in [3.63, 3.8) is 0 Å². The average Bonchev–Trinajstić information content (AvgIpc) is 3.19. The molecule has 3 heterocycles. The number of aromatic nitrogens is 3. The number of nitrogens with zero attached hydrogens (tertiary/aromatic N) is 4. The van der Waals surface area contributed by atoms with Crippen molar-refractivity contribution in [2.45, 2.75) is 26.3 Å². The number of rotatable bonds is 3. The Morgan fingerprint density at radius 1 is 1.13 bits per heavy atom. The molecule has 1 aromatic carbocycles. The van der Waals surface area contributed by atoms with Gasteiger partial charge in [0.05, 0.1) is 0 Å². The van der Waals surface area contributed by atoms with Gasteiger partial charge in [0, 0.05) is 22.8 Å². The van der Waals surface area contributed by atoms with Gasteiger partial charge in [-0.3, -0.25) is 4.90 Å². The molecule has 0 aliphatic carbocycles. The van der Waals surface area contributed by atoms with Crippen LogP contribution in [0.1, 0.15) is 24.0 Å². The molecule has 2 aromatic heterocycles. The summed E-state index contributed by atoms with van der Waals surface area (Å²) in [6.45, 7) is 5.50. The summed E-state index contributed by atoms with van der Waals surface area (Å²) >= 11 is 3.58. The fraction of sp³-hybridized carbons (Fsp3) is 0.333. The molecule has 0 radical (unpaired) electrons. The van der Waals surface area contributed by atoms with Crippen LogP contribution in [-0.4, -0.2) is 32.6 Å². The normalized spacial score (nSPS) is 15.6. The third kappa shape index (κ3) is 2.91. The smallest absolute Gasteiger partial charge is 0.182 e. The van der Waals surface area contributed by atoms with Crippen LogP contribution in [0.2, 0.25) is 0 Å². The van der Waals surface area contributed by atoms with Crippen molar-refractivity contribution < 1.29 is 0 Å². The van der Waals surface area contributed by atoms with E-state index in [0.717, 1.165) is 28.1 Å². The van der Waals surface area contributed by atoms with Crippen LogP contribution in [0.15, 0.2) is 41.0 Å². The van der Waals surface area contributed by atoms with Crippen molar-refractivity contribution in [2.75, 3.05) is 13.1 Å². The fourth-order valence-corrected chi connectivity index (χ4v) is 3.55. The minimum Gasteiger partial charge on any atom is -0.299 e. The van der Waals surface area contributed by atoms with Crippen molar-refractivity contribution in [2.24, 2.45) is 0 Å². The predicted molar refractivity (Wildman–Crippen MR) is 95.4 cm³/mol. The molecule has 0 bridgehead atoms. The van der Waals surface area contributed by atoms with E-state index in [-0.39, 0.29) is 0 Å². The van der Waals surface area contributed by atoms with Crippen molar-refractivity contribution in [1.82, 2.24) is 19.5 Å². The molecule has 1 aliphatic heterocycles. The van der Waals surface area contributed by atoms with Crippen LogP contribution in [0.3, 0.4) is 0 Å². The van der Waals surface area contributed by atoms with E-state index in [9.17, 15) is 0 Å². The summed E-state index contributed by atoms with van der Waals surface area (Å²) in [6.07, 6.45) is 4.74. The van der Waals surface area contributed by atoms with Crippen molar-refractivity contribution in [1.29, 1.82) is 0 Å². The van der Waals surface area contributed by atoms with Crippen LogP contribution in [0.5, 0.6) is 0 Å².